The molecule has 0 aromatic rings. The van der Waals surface area contributed by atoms with E-state index in [0.717, 1.165) is 17.0 Å². The van der Waals surface area contributed by atoms with Crippen molar-refractivity contribution in [1.82, 2.24) is 0 Å². The summed E-state index contributed by atoms with van der Waals surface area (Å²) in [4.78, 5) is 0. The van der Waals surface area contributed by atoms with Crippen molar-refractivity contribution in [3.05, 3.63) is 40.1 Å². The van der Waals surface area contributed by atoms with Gasteiger partial charge in [-0.05, 0) is 37.5 Å². The van der Waals surface area contributed by atoms with E-state index in [1.807, 2.05) is 13.0 Å². The Morgan fingerprint density at radius 1 is 1.45 bits per heavy atom. The molecule has 0 nitrogen and oxygen atoms in total. The Labute approximate surface area is 72.6 Å². The number of allylic oxidation sites excluding steroid dienone is 5. The SMILES string of the molecule is CC1=C(C)C(Cl)=C=CCC=C1. The van der Waals surface area contributed by atoms with Crippen LogP contribution in [0.4, 0.5) is 0 Å². The number of hydrogen-bond acceptors (Lipinski definition) is 0. The van der Waals surface area contributed by atoms with Crippen LogP contribution < -0.4 is 0 Å². The molecule has 0 saturated carbocycles. The second-order valence-electron chi connectivity index (χ2n) is 2.61. The van der Waals surface area contributed by atoms with Crippen LogP contribution in [-0.4, -0.2) is 0 Å². The Balaban J connectivity index is 3.13. The summed E-state index contributed by atoms with van der Waals surface area (Å²) in [6.07, 6.45) is 7.06. The van der Waals surface area contributed by atoms with Crippen LogP contribution in [0.2, 0.25) is 0 Å². The first kappa shape index (κ1) is 8.39. The van der Waals surface area contributed by atoms with Gasteiger partial charge in [0.1, 0.15) is 0 Å². The molecule has 0 fully saturated rings. The van der Waals surface area contributed by atoms with E-state index in [-0.39, 0.29) is 0 Å². The van der Waals surface area contributed by atoms with Crippen molar-refractivity contribution in [3.63, 3.8) is 0 Å². The van der Waals surface area contributed by atoms with E-state index in [1.165, 1.54) is 5.57 Å². The molecule has 0 aromatic carbocycles. The van der Waals surface area contributed by atoms with Crippen LogP contribution in [0.25, 0.3) is 0 Å². The molecule has 0 spiro atoms. The van der Waals surface area contributed by atoms with Crippen LogP contribution in [0, 0.1) is 0 Å². The average Bonchev–Trinajstić information content (AvgIpc) is 2.00. The van der Waals surface area contributed by atoms with Crippen molar-refractivity contribution < 1.29 is 0 Å². The monoisotopic (exact) mass is 166 g/mol. The third-order valence-electron chi connectivity index (χ3n) is 1.77. The molecule has 0 aromatic heterocycles. The van der Waals surface area contributed by atoms with Crippen molar-refractivity contribution in [2.24, 2.45) is 0 Å². The summed E-state index contributed by atoms with van der Waals surface area (Å²) >= 11 is 5.92. The molecule has 0 aliphatic heterocycles. The Bertz CT molecular complexity index is 273. The van der Waals surface area contributed by atoms with Crippen LogP contribution in [-0.2, 0) is 0 Å². The van der Waals surface area contributed by atoms with Crippen LogP contribution in [0.15, 0.2) is 40.1 Å². The van der Waals surface area contributed by atoms with Gasteiger partial charge in [-0.15, -0.1) is 5.73 Å². The smallest absolute Gasteiger partial charge is 0.0853 e. The summed E-state index contributed by atoms with van der Waals surface area (Å²) in [5.74, 6) is 0. The van der Waals surface area contributed by atoms with Crippen LogP contribution in [0.1, 0.15) is 20.3 Å². The maximum atomic E-state index is 5.92. The zero-order valence-corrected chi connectivity index (χ0v) is 7.57. The minimum absolute atomic E-state index is 0.729. The van der Waals surface area contributed by atoms with E-state index < -0.39 is 0 Å². The van der Waals surface area contributed by atoms with Crippen LogP contribution in [0.5, 0.6) is 0 Å². The molecule has 1 heteroatoms. The highest BCUT2D eigenvalue weighted by Crippen LogP contribution is 2.19. The zero-order valence-electron chi connectivity index (χ0n) is 6.82. The number of halogens is 1. The van der Waals surface area contributed by atoms with Gasteiger partial charge in [-0.3, -0.25) is 0 Å². The Morgan fingerprint density at radius 2 is 2.18 bits per heavy atom. The summed E-state index contributed by atoms with van der Waals surface area (Å²) in [5, 5.41) is 0.729. The maximum absolute atomic E-state index is 5.92. The Morgan fingerprint density at radius 3 is 2.91 bits per heavy atom. The van der Waals surface area contributed by atoms with Gasteiger partial charge >= 0.3 is 0 Å². The first-order valence-electron chi connectivity index (χ1n) is 3.67. The van der Waals surface area contributed by atoms with E-state index in [0.29, 0.717) is 0 Å². The van der Waals surface area contributed by atoms with Gasteiger partial charge < -0.3 is 0 Å². The van der Waals surface area contributed by atoms with Gasteiger partial charge in [-0.2, -0.15) is 0 Å². The molecule has 0 amide bonds. The lowest BCUT2D eigenvalue weighted by Gasteiger charge is -2.01. The van der Waals surface area contributed by atoms with Crippen molar-refractivity contribution in [2.45, 2.75) is 20.3 Å². The summed E-state index contributed by atoms with van der Waals surface area (Å²) in [6, 6.07) is 0. The highest BCUT2D eigenvalue weighted by atomic mass is 35.5. The van der Waals surface area contributed by atoms with Gasteiger partial charge in [-0.25, -0.2) is 0 Å². The maximum Gasteiger partial charge on any atom is 0.0853 e. The van der Waals surface area contributed by atoms with E-state index in [1.54, 1.807) is 0 Å². The molecule has 0 radical (unpaired) electrons. The number of rotatable bonds is 0. The van der Waals surface area contributed by atoms with Gasteiger partial charge in [0.05, 0.1) is 5.03 Å². The fourth-order valence-corrected chi connectivity index (χ4v) is 1.09. The molecular formula is C10H11Cl. The Kier molecular flexibility index (Phi) is 2.76. The highest BCUT2D eigenvalue weighted by molar-refractivity contribution is 6.31. The van der Waals surface area contributed by atoms with Crippen molar-refractivity contribution >= 4 is 11.6 Å². The molecule has 0 unspecified atom stereocenters. The lowest BCUT2D eigenvalue weighted by molar-refractivity contribution is 1.30. The zero-order chi connectivity index (χ0) is 8.27. The Hall–Kier alpha value is -0.710. The third kappa shape index (κ3) is 2.11. The lowest BCUT2D eigenvalue weighted by Crippen LogP contribution is -1.81. The molecule has 1 aliphatic rings. The first-order valence-corrected chi connectivity index (χ1v) is 4.04. The molecule has 11 heavy (non-hydrogen) atoms. The van der Waals surface area contributed by atoms with Crippen molar-refractivity contribution in [2.75, 3.05) is 0 Å². The van der Waals surface area contributed by atoms with Crippen molar-refractivity contribution in [1.29, 1.82) is 0 Å². The molecule has 1 aliphatic carbocycles. The minimum atomic E-state index is 0.729. The molecule has 0 heterocycles. The van der Waals surface area contributed by atoms with Crippen LogP contribution in [0.3, 0.4) is 0 Å². The molecule has 58 valence electrons. The predicted octanol–water partition coefficient (Wildman–Crippen LogP) is 3.56. The molecule has 1 rings (SSSR count). The summed E-state index contributed by atoms with van der Waals surface area (Å²) in [7, 11) is 0. The van der Waals surface area contributed by atoms with Gasteiger partial charge in [-0.1, -0.05) is 23.8 Å². The summed E-state index contributed by atoms with van der Waals surface area (Å²) in [5.41, 5.74) is 5.34. The largest absolute Gasteiger partial charge is 0.104 e. The topological polar surface area (TPSA) is 0 Å². The molecular weight excluding hydrogens is 156 g/mol. The standard InChI is InChI=1S/C10H11Cl/c1-8-6-4-3-5-7-10(11)9(8)2/h4-6H,3H2,1-2H3. The first-order chi connectivity index (χ1) is 5.22. The van der Waals surface area contributed by atoms with Gasteiger partial charge in [0.15, 0.2) is 0 Å². The normalized spacial score (nSPS) is 17.9. The van der Waals surface area contributed by atoms with Gasteiger partial charge in [0, 0.05) is 0 Å². The molecule has 0 atom stereocenters. The second-order valence-corrected chi connectivity index (χ2v) is 2.99. The molecule has 0 bridgehead atoms. The second kappa shape index (κ2) is 3.61. The molecule has 0 N–H and O–H groups in total. The quantitative estimate of drug-likeness (QED) is 0.483. The number of hydrogen-bond donors (Lipinski definition) is 0. The van der Waals surface area contributed by atoms with Crippen molar-refractivity contribution in [3.8, 4) is 0 Å². The fraction of sp³-hybridized carbons (Fsp3) is 0.300. The predicted molar refractivity (Wildman–Crippen MR) is 49.6 cm³/mol. The lowest BCUT2D eigenvalue weighted by atomic mass is 10.1. The molecule has 0 saturated heterocycles. The van der Waals surface area contributed by atoms with Crippen LogP contribution >= 0.6 is 11.6 Å². The van der Waals surface area contributed by atoms with Gasteiger partial charge in [0.2, 0.25) is 0 Å². The fourth-order valence-electron chi connectivity index (χ4n) is 0.868. The van der Waals surface area contributed by atoms with Gasteiger partial charge in [0.25, 0.3) is 0 Å². The van der Waals surface area contributed by atoms with E-state index >= 15 is 0 Å². The summed E-state index contributed by atoms with van der Waals surface area (Å²) in [6.45, 7) is 4.06. The van der Waals surface area contributed by atoms with E-state index in [4.69, 9.17) is 11.6 Å². The van der Waals surface area contributed by atoms with E-state index in [2.05, 4.69) is 24.8 Å². The minimum Gasteiger partial charge on any atom is -0.104 e. The van der Waals surface area contributed by atoms with E-state index in [9.17, 15) is 0 Å². The highest BCUT2D eigenvalue weighted by Gasteiger charge is 1.98. The third-order valence-corrected chi connectivity index (χ3v) is 2.16. The average molecular weight is 167 g/mol. The summed E-state index contributed by atoms with van der Waals surface area (Å²) < 4.78 is 0.